The van der Waals surface area contributed by atoms with Crippen LogP contribution in [-0.4, -0.2) is 12.1 Å². The number of allylic oxidation sites excluding steroid dienone is 5. The van der Waals surface area contributed by atoms with Crippen LogP contribution in [0.4, 0.5) is 0 Å². The lowest BCUT2D eigenvalue weighted by molar-refractivity contribution is 0.245. The zero-order valence-corrected chi connectivity index (χ0v) is 12.0. The zero-order chi connectivity index (χ0) is 13.7. The molecule has 1 fully saturated rings. The van der Waals surface area contributed by atoms with E-state index in [-0.39, 0.29) is 0 Å². The predicted molar refractivity (Wildman–Crippen MR) is 77.1 cm³/mol. The molecule has 1 aliphatic rings. The number of nitriles is 1. The second kappa shape index (κ2) is 6.56. The van der Waals surface area contributed by atoms with Crippen molar-refractivity contribution < 1.29 is 0 Å². The molecule has 0 aromatic heterocycles. The molecule has 0 atom stereocenters. The minimum Gasteiger partial charge on any atom is -0.312 e. The summed E-state index contributed by atoms with van der Waals surface area (Å²) in [6, 6.07) is 3.31. The molecule has 18 heavy (non-hydrogen) atoms. The van der Waals surface area contributed by atoms with Crippen molar-refractivity contribution in [2.24, 2.45) is 5.92 Å². The lowest BCUT2D eigenvalue weighted by atomic mass is 9.73. The highest BCUT2D eigenvalue weighted by Gasteiger charge is 2.32. The number of nitrogens with one attached hydrogen (secondary N) is 1. The van der Waals surface area contributed by atoms with E-state index >= 15 is 0 Å². The first kappa shape index (κ1) is 14.7. The Labute approximate surface area is 111 Å². The van der Waals surface area contributed by atoms with E-state index in [2.05, 4.69) is 50.9 Å². The van der Waals surface area contributed by atoms with Crippen LogP contribution < -0.4 is 5.32 Å². The maximum atomic E-state index is 9.05. The molecule has 0 radical (unpaired) electrons. The molecular formula is C16H24N2. The molecule has 1 N–H and O–H groups in total. The monoisotopic (exact) mass is 244 g/mol. The Balaban J connectivity index is 2.69. The van der Waals surface area contributed by atoms with Gasteiger partial charge in [-0.3, -0.25) is 0 Å². The average molecular weight is 244 g/mol. The summed E-state index contributed by atoms with van der Waals surface area (Å²) in [6.45, 7) is 12.3. The van der Waals surface area contributed by atoms with Crippen LogP contribution in [0.5, 0.6) is 0 Å². The predicted octanol–water partition coefficient (Wildman–Crippen LogP) is 3.74. The van der Waals surface area contributed by atoms with Crippen molar-refractivity contribution in [2.75, 3.05) is 0 Å². The van der Waals surface area contributed by atoms with Gasteiger partial charge in [-0.05, 0) is 38.2 Å². The molecule has 0 aliphatic heterocycles. The summed E-state index contributed by atoms with van der Waals surface area (Å²) in [7, 11) is 0. The van der Waals surface area contributed by atoms with E-state index in [0.29, 0.717) is 23.6 Å². The van der Waals surface area contributed by atoms with E-state index in [1.807, 2.05) is 6.92 Å². The molecule has 1 saturated carbocycles. The Kier molecular flexibility index (Phi) is 5.37. The maximum absolute atomic E-state index is 9.05. The third kappa shape index (κ3) is 3.85. The largest absolute Gasteiger partial charge is 0.312 e. The van der Waals surface area contributed by atoms with E-state index < -0.39 is 0 Å². The Morgan fingerprint density at radius 1 is 1.44 bits per heavy atom. The molecule has 2 heteroatoms. The maximum Gasteiger partial charge on any atom is 0.0988 e. The van der Waals surface area contributed by atoms with Gasteiger partial charge in [0.15, 0.2) is 0 Å². The van der Waals surface area contributed by atoms with Crippen molar-refractivity contribution in [3.63, 3.8) is 0 Å². The van der Waals surface area contributed by atoms with Gasteiger partial charge >= 0.3 is 0 Å². The van der Waals surface area contributed by atoms with Gasteiger partial charge in [-0.1, -0.05) is 38.2 Å². The summed E-state index contributed by atoms with van der Waals surface area (Å²) in [5.74, 6) is 0.489. The summed E-state index contributed by atoms with van der Waals surface area (Å²) in [5, 5.41) is 12.6. The van der Waals surface area contributed by atoms with Crippen LogP contribution in [0.2, 0.25) is 0 Å². The van der Waals surface area contributed by atoms with Crippen molar-refractivity contribution in [1.82, 2.24) is 5.32 Å². The van der Waals surface area contributed by atoms with E-state index in [0.717, 1.165) is 18.4 Å². The third-order valence-corrected chi connectivity index (χ3v) is 3.47. The Morgan fingerprint density at radius 2 is 2.06 bits per heavy atom. The highest BCUT2D eigenvalue weighted by atomic mass is 15.0. The second-order valence-corrected chi connectivity index (χ2v) is 5.41. The van der Waals surface area contributed by atoms with Crippen LogP contribution in [0.3, 0.4) is 0 Å². The van der Waals surface area contributed by atoms with Crippen molar-refractivity contribution >= 4 is 0 Å². The molecule has 98 valence electrons. The first-order valence-electron chi connectivity index (χ1n) is 6.67. The van der Waals surface area contributed by atoms with Gasteiger partial charge < -0.3 is 5.32 Å². The fraction of sp³-hybridized carbons (Fsp3) is 0.562. The van der Waals surface area contributed by atoms with E-state index in [9.17, 15) is 0 Å². The molecule has 0 unspecified atom stereocenters. The summed E-state index contributed by atoms with van der Waals surface area (Å²) >= 11 is 0. The van der Waals surface area contributed by atoms with Crippen LogP contribution >= 0.6 is 0 Å². The third-order valence-electron chi connectivity index (χ3n) is 3.47. The standard InChI is InChI=1S/C16H24N2/c1-6-12(4)7-16(13(5)10-17)14-8-15(9-14)18-11(2)3/h6-7,11,14-15,18H,5,8-9H2,1-4H3/b12-6-,16-7+. The molecule has 1 rings (SSSR count). The molecular weight excluding hydrogens is 220 g/mol. The van der Waals surface area contributed by atoms with Gasteiger partial charge in [0.25, 0.3) is 0 Å². The lowest BCUT2D eigenvalue weighted by Gasteiger charge is -2.38. The van der Waals surface area contributed by atoms with Crippen molar-refractivity contribution in [3.05, 3.63) is 35.5 Å². The van der Waals surface area contributed by atoms with Crippen LogP contribution in [-0.2, 0) is 0 Å². The van der Waals surface area contributed by atoms with Crippen LogP contribution in [0.25, 0.3) is 0 Å². The fourth-order valence-electron chi connectivity index (χ4n) is 2.32. The first-order chi connectivity index (χ1) is 8.47. The quantitative estimate of drug-likeness (QED) is 0.591. The van der Waals surface area contributed by atoms with Gasteiger partial charge in [-0.25, -0.2) is 0 Å². The Hall–Kier alpha value is -1.33. The summed E-state index contributed by atoms with van der Waals surface area (Å²) in [6.07, 6.45) is 6.40. The van der Waals surface area contributed by atoms with Gasteiger partial charge in [0.05, 0.1) is 6.07 Å². The van der Waals surface area contributed by atoms with Crippen molar-refractivity contribution in [2.45, 2.75) is 52.6 Å². The zero-order valence-electron chi connectivity index (χ0n) is 12.0. The lowest BCUT2D eigenvalue weighted by Crippen LogP contribution is -2.45. The van der Waals surface area contributed by atoms with Crippen LogP contribution in [0, 0.1) is 17.2 Å². The van der Waals surface area contributed by atoms with Gasteiger partial charge in [0.1, 0.15) is 0 Å². The normalized spacial score (nSPS) is 24.7. The van der Waals surface area contributed by atoms with Crippen LogP contribution in [0.15, 0.2) is 35.5 Å². The summed E-state index contributed by atoms with van der Waals surface area (Å²) < 4.78 is 0. The molecule has 2 nitrogen and oxygen atoms in total. The van der Waals surface area contributed by atoms with Gasteiger partial charge in [-0.2, -0.15) is 5.26 Å². The van der Waals surface area contributed by atoms with Crippen molar-refractivity contribution in [1.29, 1.82) is 5.26 Å². The topological polar surface area (TPSA) is 35.8 Å². The SMILES string of the molecule is C=C(C#N)/C(=C\C(C)=C/C)C1CC(NC(C)C)C1. The van der Waals surface area contributed by atoms with E-state index in [1.54, 1.807) is 0 Å². The minimum atomic E-state index is 0.489. The number of rotatable bonds is 5. The van der Waals surface area contributed by atoms with E-state index in [4.69, 9.17) is 5.26 Å². The first-order valence-corrected chi connectivity index (χ1v) is 6.67. The summed E-state index contributed by atoms with van der Waals surface area (Å²) in [5.41, 5.74) is 2.93. The average Bonchev–Trinajstić information content (AvgIpc) is 2.29. The molecule has 0 aromatic rings. The van der Waals surface area contributed by atoms with E-state index in [1.165, 1.54) is 5.57 Å². The van der Waals surface area contributed by atoms with Gasteiger partial charge in [0, 0.05) is 17.7 Å². The Morgan fingerprint density at radius 3 is 2.50 bits per heavy atom. The molecule has 0 saturated heterocycles. The number of hydrogen-bond acceptors (Lipinski definition) is 2. The Bertz CT molecular complexity index is 401. The van der Waals surface area contributed by atoms with Gasteiger partial charge in [-0.15, -0.1) is 0 Å². The second-order valence-electron chi connectivity index (χ2n) is 5.41. The van der Waals surface area contributed by atoms with Crippen molar-refractivity contribution in [3.8, 4) is 6.07 Å². The number of hydrogen-bond donors (Lipinski definition) is 1. The molecule has 0 bridgehead atoms. The minimum absolute atomic E-state index is 0.489. The molecule has 0 amide bonds. The fourth-order valence-corrected chi connectivity index (χ4v) is 2.32. The highest BCUT2D eigenvalue weighted by Crippen LogP contribution is 2.37. The molecule has 0 heterocycles. The highest BCUT2D eigenvalue weighted by molar-refractivity contribution is 5.45. The molecule has 0 aromatic carbocycles. The molecule has 0 spiro atoms. The summed E-state index contributed by atoms with van der Waals surface area (Å²) in [4.78, 5) is 0. The van der Waals surface area contributed by atoms with Crippen LogP contribution in [0.1, 0.15) is 40.5 Å². The molecule has 1 aliphatic carbocycles. The number of nitrogens with zero attached hydrogens (tertiary/aromatic N) is 1. The van der Waals surface area contributed by atoms with Gasteiger partial charge in [0.2, 0.25) is 0 Å². The smallest absolute Gasteiger partial charge is 0.0988 e.